The van der Waals surface area contributed by atoms with Crippen molar-refractivity contribution >= 4 is 23.1 Å². The number of hydrogen-bond donors (Lipinski definition) is 0. The predicted octanol–water partition coefficient (Wildman–Crippen LogP) is 2.32. The van der Waals surface area contributed by atoms with Crippen LogP contribution in [0.25, 0.3) is 0 Å². The average Bonchev–Trinajstić information content (AvgIpc) is 2.19. The second-order valence-corrected chi connectivity index (χ2v) is 2.21. The molecule has 1 rings (SSSR count). The standard InChI is InChI=1S/C8H5F4.CN.Mg/c1-2-4-7(11)5(9)3-6(10)8(4)12;1-2;/h2H2,1H3;;/q2*-1;+2. The van der Waals surface area contributed by atoms with E-state index in [0.717, 1.165) is 0 Å². The summed E-state index contributed by atoms with van der Waals surface area (Å²) in [5.41, 5.74) is -0.580. The quantitative estimate of drug-likeness (QED) is 0.313. The van der Waals surface area contributed by atoms with E-state index in [1.165, 1.54) is 13.0 Å². The number of halogens is 4. The average molecular weight is 227 g/mol. The minimum Gasteiger partial charge on any atom is -0.512 e. The first-order valence-electron chi connectivity index (χ1n) is 3.54. The van der Waals surface area contributed by atoms with Gasteiger partial charge in [-0.1, -0.05) is 12.5 Å². The monoisotopic (exact) mass is 227 g/mol. The van der Waals surface area contributed by atoms with Crippen LogP contribution in [0.3, 0.4) is 0 Å². The van der Waals surface area contributed by atoms with E-state index in [0.29, 0.717) is 0 Å². The molecule has 0 radical (unpaired) electrons. The Kier molecular flexibility index (Phi) is 8.29. The molecule has 0 aliphatic carbocycles. The second-order valence-electron chi connectivity index (χ2n) is 2.21. The summed E-state index contributed by atoms with van der Waals surface area (Å²) in [6, 6.07) is 1.30. The fraction of sp³-hybridized carbons (Fsp3) is 0.222. The van der Waals surface area contributed by atoms with Crippen LogP contribution in [0.2, 0.25) is 0 Å². The third-order valence-electron chi connectivity index (χ3n) is 1.49. The molecular formula is C9H5F4MgN. The molecule has 1 nitrogen and oxygen atoms in total. The van der Waals surface area contributed by atoms with Crippen molar-refractivity contribution in [2.75, 3.05) is 0 Å². The van der Waals surface area contributed by atoms with Gasteiger partial charge >= 0.3 is 23.1 Å². The van der Waals surface area contributed by atoms with Gasteiger partial charge in [-0.25, -0.2) is 8.78 Å². The van der Waals surface area contributed by atoms with Crippen LogP contribution in [0.15, 0.2) is 0 Å². The van der Waals surface area contributed by atoms with E-state index < -0.39 is 28.8 Å². The van der Waals surface area contributed by atoms with Crippen LogP contribution < -0.4 is 0 Å². The maximum absolute atomic E-state index is 12.6. The zero-order chi connectivity index (χ0) is 11.3. The molecule has 0 atom stereocenters. The van der Waals surface area contributed by atoms with Crippen LogP contribution >= 0.6 is 0 Å². The van der Waals surface area contributed by atoms with Crippen LogP contribution in [0.4, 0.5) is 17.6 Å². The topological polar surface area (TPSA) is 23.8 Å². The third kappa shape index (κ3) is 3.68. The van der Waals surface area contributed by atoms with E-state index in [1.54, 1.807) is 0 Å². The van der Waals surface area contributed by atoms with Gasteiger partial charge in [-0.15, -0.1) is 6.07 Å². The molecule has 1 aromatic rings. The summed E-state index contributed by atoms with van der Waals surface area (Å²) in [5, 5.41) is 6.25. The van der Waals surface area contributed by atoms with E-state index in [1.807, 2.05) is 0 Å². The SMILES string of the molecule is CCc1c(F)c(F)[c-]c(F)c1F.[C-]#N.[Mg+2]. The van der Waals surface area contributed by atoms with Crippen LogP contribution in [0, 0.1) is 41.2 Å². The summed E-state index contributed by atoms with van der Waals surface area (Å²) in [5.74, 6) is -5.69. The molecule has 0 spiro atoms. The molecule has 1 aromatic carbocycles. The molecule has 0 aliphatic rings. The Morgan fingerprint density at radius 2 is 1.40 bits per heavy atom. The summed E-state index contributed by atoms with van der Waals surface area (Å²) in [6.07, 6.45) is -0.0970. The molecule has 0 aromatic heterocycles. The first-order chi connectivity index (χ1) is 6.57. The molecule has 0 bridgehead atoms. The van der Waals surface area contributed by atoms with Crippen LogP contribution in [0.5, 0.6) is 0 Å². The van der Waals surface area contributed by atoms with Gasteiger partial charge < -0.3 is 11.8 Å². The zero-order valence-electron chi connectivity index (χ0n) is 7.87. The van der Waals surface area contributed by atoms with Crippen LogP contribution in [0.1, 0.15) is 12.5 Å². The van der Waals surface area contributed by atoms with Crippen molar-refractivity contribution in [1.29, 1.82) is 5.26 Å². The van der Waals surface area contributed by atoms with Gasteiger partial charge in [0.2, 0.25) is 0 Å². The number of benzene rings is 1. The molecule has 0 fully saturated rings. The molecule has 0 aliphatic heterocycles. The molecule has 0 saturated carbocycles. The fourth-order valence-corrected chi connectivity index (χ4v) is 0.878. The summed E-state index contributed by atoms with van der Waals surface area (Å²) < 4.78 is 50.0. The van der Waals surface area contributed by atoms with Gasteiger partial charge in [-0.05, 0) is 6.42 Å². The smallest absolute Gasteiger partial charge is 0.512 e. The fourth-order valence-electron chi connectivity index (χ4n) is 0.878. The van der Waals surface area contributed by atoms with E-state index in [4.69, 9.17) is 11.8 Å². The number of hydrogen-bond acceptors (Lipinski definition) is 1. The Hall–Kier alpha value is -0.804. The Labute approximate surface area is 101 Å². The van der Waals surface area contributed by atoms with E-state index in [-0.39, 0.29) is 29.5 Å². The molecule has 0 amide bonds. The molecule has 15 heavy (non-hydrogen) atoms. The van der Waals surface area contributed by atoms with Gasteiger partial charge in [0.15, 0.2) is 0 Å². The van der Waals surface area contributed by atoms with Gasteiger partial charge in [-0.3, -0.25) is 8.78 Å². The Morgan fingerprint density at radius 3 is 1.67 bits per heavy atom. The molecule has 0 N–H and O–H groups in total. The molecule has 6 heteroatoms. The summed E-state index contributed by atoms with van der Waals surface area (Å²) in [6.45, 7) is 6.15. The van der Waals surface area contributed by atoms with Crippen molar-refractivity contribution in [2.24, 2.45) is 0 Å². The largest absolute Gasteiger partial charge is 2.00 e. The van der Waals surface area contributed by atoms with Crippen molar-refractivity contribution < 1.29 is 17.6 Å². The van der Waals surface area contributed by atoms with Crippen molar-refractivity contribution in [3.05, 3.63) is 41.5 Å². The number of nitrogens with zero attached hydrogens (tertiary/aromatic N) is 1. The van der Waals surface area contributed by atoms with Crippen molar-refractivity contribution in [3.63, 3.8) is 0 Å². The van der Waals surface area contributed by atoms with Gasteiger partial charge in [0, 0.05) is 23.3 Å². The van der Waals surface area contributed by atoms with Crippen LogP contribution in [-0.2, 0) is 6.42 Å². The third-order valence-corrected chi connectivity index (χ3v) is 1.49. The van der Waals surface area contributed by atoms with Gasteiger partial charge in [-0.2, -0.15) is 0 Å². The minimum absolute atomic E-state index is 0. The van der Waals surface area contributed by atoms with Gasteiger partial charge in [0.05, 0.1) is 0 Å². The Balaban J connectivity index is 0. The minimum atomic E-state index is -1.48. The first kappa shape index (κ1) is 16.6. The van der Waals surface area contributed by atoms with Gasteiger partial charge in [0.1, 0.15) is 0 Å². The predicted molar refractivity (Wildman–Crippen MR) is 45.2 cm³/mol. The summed E-state index contributed by atoms with van der Waals surface area (Å²) in [7, 11) is 0. The molecule has 0 heterocycles. The Bertz CT molecular complexity index is 325. The van der Waals surface area contributed by atoms with Crippen molar-refractivity contribution in [2.45, 2.75) is 13.3 Å². The van der Waals surface area contributed by atoms with E-state index in [9.17, 15) is 17.6 Å². The summed E-state index contributed by atoms with van der Waals surface area (Å²) >= 11 is 0. The van der Waals surface area contributed by atoms with E-state index in [2.05, 4.69) is 0 Å². The molecule has 0 unspecified atom stereocenters. The Morgan fingerprint density at radius 1 is 1.07 bits per heavy atom. The molecule has 76 valence electrons. The van der Waals surface area contributed by atoms with Crippen molar-refractivity contribution in [3.8, 4) is 0 Å². The van der Waals surface area contributed by atoms with Crippen molar-refractivity contribution in [1.82, 2.24) is 0 Å². The molecular weight excluding hydrogens is 222 g/mol. The number of rotatable bonds is 1. The van der Waals surface area contributed by atoms with E-state index >= 15 is 0 Å². The zero-order valence-corrected chi connectivity index (χ0v) is 9.29. The normalized spacial score (nSPS) is 8.47. The second kappa shape index (κ2) is 7.48. The molecule has 0 saturated heterocycles. The van der Waals surface area contributed by atoms with Gasteiger partial charge in [0.25, 0.3) is 0 Å². The first-order valence-corrected chi connectivity index (χ1v) is 3.54. The maximum atomic E-state index is 12.6. The van der Waals surface area contributed by atoms with Crippen LogP contribution in [-0.4, -0.2) is 23.1 Å². The maximum Gasteiger partial charge on any atom is 2.00 e. The summed E-state index contributed by atoms with van der Waals surface area (Å²) in [4.78, 5) is 0.